The van der Waals surface area contributed by atoms with Crippen LogP contribution in [0.2, 0.25) is 0 Å². The third-order valence-electron chi connectivity index (χ3n) is 0.874. The Hall–Kier alpha value is -0.0597. The Kier molecular flexibility index (Phi) is 21.2. The number of pyridine rings is 1. The Labute approximate surface area is 105 Å². The van der Waals surface area contributed by atoms with Crippen molar-refractivity contribution in [1.29, 1.82) is 0 Å². The fourth-order valence-corrected chi connectivity index (χ4v) is 0.484. The van der Waals surface area contributed by atoms with E-state index in [1.54, 1.807) is 12.1 Å². The van der Waals surface area contributed by atoms with Crippen LogP contribution in [0.25, 0.3) is 0 Å². The van der Waals surface area contributed by atoms with E-state index in [-0.39, 0.29) is 60.3 Å². The van der Waals surface area contributed by atoms with Crippen LogP contribution in [0.5, 0.6) is 0 Å². The Morgan fingerprint density at radius 1 is 1.31 bits per heavy atom. The Bertz CT molecular complexity index is 221. The summed E-state index contributed by atoms with van der Waals surface area (Å²) in [4.78, 5) is 13.5. The average molecular weight is 406 g/mol. The molecule has 0 bridgehead atoms. The van der Waals surface area contributed by atoms with E-state index < -0.39 is 5.97 Å². The summed E-state index contributed by atoms with van der Waals surface area (Å²) < 4.78 is 0. The first-order valence-corrected chi connectivity index (χ1v) is 2.43. The molecule has 1 rings (SSSR count). The van der Waals surface area contributed by atoms with E-state index in [4.69, 9.17) is 0 Å². The zero-order valence-corrected chi connectivity index (χ0v) is 9.31. The predicted molar refractivity (Wildman–Crippen MR) is 35.3 cm³/mol. The van der Waals surface area contributed by atoms with E-state index in [1.165, 1.54) is 12.3 Å². The molecule has 1 aromatic heterocycles. The molecular weight excluding hydrogens is 398 g/mol. The molecule has 0 aliphatic heterocycles. The van der Waals surface area contributed by atoms with Crippen LogP contribution in [0, 0.1) is 0 Å². The van der Waals surface area contributed by atoms with E-state index in [9.17, 15) is 9.90 Å². The predicted octanol–water partition coefficient (Wildman–Crippen LogP) is -5.91. The van der Waals surface area contributed by atoms with Crippen LogP contribution in [0.1, 0.15) is 17.9 Å². The molecule has 0 amide bonds. The summed E-state index contributed by atoms with van der Waals surface area (Å²) in [6, 6.07) is 4.62. The summed E-state index contributed by atoms with van der Waals surface area (Å²) in [7, 11) is 0. The van der Waals surface area contributed by atoms with Gasteiger partial charge in [-0.05, 0) is 12.1 Å². The van der Waals surface area contributed by atoms with Crippen molar-refractivity contribution in [3.63, 3.8) is 0 Å². The van der Waals surface area contributed by atoms with Crippen molar-refractivity contribution in [2.75, 3.05) is 0 Å². The number of hydrogen-bond donors (Lipinski definition) is 0. The number of aromatic nitrogens is 1. The molecule has 0 aromatic carbocycles. The molecule has 3 nitrogen and oxygen atoms in total. The van der Waals surface area contributed by atoms with Gasteiger partial charge in [0.2, 0.25) is 0 Å². The number of rotatable bonds is 1. The Morgan fingerprint density at radius 2 is 1.85 bits per heavy atom. The van der Waals surface area contributed by atoms with Crippen molar-refractivity contribution < 1.29 is 57.1 Å². The van der Waals surface area contributed by atoms with Gasteiger partial charge in [0.25, 0.3) is 0 Å². The topological polar surface area (TPSA) is 53.0 Å². The summed E-state index contributed by atoms with van der Waals surface area (Å²) >= 11 is 0. The van der Waals surface area contributed by atoms with Crippen molar-refractivity contribution >= 4 is 5.97 Å². The molecule has 0 atom stereocenters. The van der Waals surface area contributed by atoms with Crippen LogP contribution in [0.15, 0.2) is 24.4 Å². The van der Waals surface area contributed by atoms with Gasteiger partial charge in [0.15, 0.2) is 0 Å². The molecule has 0 unspecified atom stereocenters. The minimum absolute atomic E-state index is 0. The quantitative estimate of drug-likeness (QED) is 0.437. The van der Waals surface area contributed by atoms with Gasteiger partial charge in [-0.1, -0.05) is 13.5 Å². The van der Waals surface area contributed by atoms with E-state index in [1.807, 2.05) is 0 Å². The van der Waals surface area contributed by atoms with Crippen molar-refractivity contribution in [2.24, 2.45) is 0 Å². The minimum Gasteiger partial charge on any atom is -1.00 e. The normalized spacial score (nSPS) is 6.15. The third-order valence-corrected chi connectivity index (χ3v) is 0.874. The van der Waals surface area contributed by atoms with E-state index in [0.717, 1.165) is 0 Å². The van der Waals surface area contributed by atoms with Crippen molar-refractivity contribution in [3.05, 3.63) is 30.1 Å². The molecule has 0 fully saturated rings. The molecule has 0 aliphatic carbocycles. The van der Waals surface area contributed by atoms with Gasteiger partial charge in [-0.3, -0.25) is 4.98 Å². The fourth-order valence-electron chi connectivity index (χ4n) is 0.484. The number of nitrogens with zero attached hydrogens (tertiary/aromatic N) is 1. The minimum atomic E-state index is -1.24. The molecule has 1 heterocycles. The maximum absolute atomic E-state index is 10.0. The second kappa shape index (κ2) is 11.9. The molecule has 78 valence electrons. The molecule has 6 heteroatoms. The number of aromatic carboxylic acids is 1. The summed E-state index contributed by atoms with van der Waals surface area (Å²) in [5.41, 5.74) is -0.0301. The molecule has 0 saturated carbocycles. The van der Waals surface area contributed by atoms with Gasteiger partial charge in [0.1, 0.15) is 0 Å². The molecule has 0 saturated heterocycles. The van der Waals surface area contributed by atoms with Crippen LogP contribution in [-0.4, -0.2) is 11.0 Å². The van der Waals surface area contributed by atoms with E-state index >= 15 is 0 Å². The molecule has 0 aliphatic rings. The number of carboxylic acid groups (broad SMARTS) is 1. The summed E-state index contributed by atoms with van der Waals surface area (Å²) in [5.74, 6) is -1.24. The number of carbonyl (C=O) groups is 1. The zero-order valence-electron chi connectivity index (χ0n) is 5.63. The molecule has 0 spiro atoms. The van der Waals surface area contributed by atoms with Crippen LogP contribution >= 0.6 is 0 Å². The summed E-state index contributed by atoms with van der Waals surface area (Å²) in [6.07, 6.45) is 1.41. The third kappa shape index (κ3) is 8.28. The second-order valence-electron chi connectivity index (χ2n) is 1.50. The second-order valence-corrected chi connectivity index (χ2v) is 1.50. The van der Waals surface area contributed by atoms with Crippen LogP contribution < -0.4 is 29.9 Å². The van der Waals surface area contributed by atoms with Gasteiger partial charge in [-0.25, -0.2) is 0 Å². The van der Waals surface area contributed by atoms with Gasteiger partial charge in [-0.15, -0.1) is 0 Å². The molecular formula is C7H8AuCl2NO2. The van der Waals surface area contributed by atoms with Crippen molar-refractivity contribution in [2.45, 2.75) is 7.43 Å². The van der Waals surface area contributed by atoms with Crippen LogP contribution in [0.3, 0.4) is 0 Å². The first-order valence-electron chi connectivity index (χ1n) is 2.43. The van der Waals surface area contributed by atoms with Gasteiger partial charge in [-0.2, -0.15) is 0 Å². The van der Waals surface area contributed by atoms with Gasteiger partial charge >= 0.3 is 22.4 Å². The van der Waals surface area contributed by atoms with E-state index in [0.29, 0.717) is 0 Å². The molecule has 0 radical (unpaired) electrons. The molecule has 1 aromatic rings. The number of carbonyl (C=O) groups excluding carboxylic acids is 1. The maximum atomic E-state index is 10.0. The molecule has 0 N–H and O–H groups in total. The summed E-state index contributed by atoms with van der Waals surface area (Å²) in [6.45, 7) is 0. The monoisotopic (exact) mass is 405 g/mol. The van der Waals surface area contributed by atoms with Crippen molar-refractivity contribution in [1.82, 2.24) is 4.98 Å². The van der Waals surface area contributed by atoms with Gasteiger partial charge in [0, 0.05) is 6.20 Å². The number of carboxylic acids is 1. The first kappa shape index (κ1) is 23.1. The maximum Gasteiger partial charge on any atom is 3.00 e. The van der Waals surface area contributed by atoms with Crippen molar-refractivity contribution in [3.8, 4) is 0 Å². The van der Waals surface area contributed by atoms with E-state index in [2.05, 4.69) is 4.98 Å². The molecule has 13 heavy (non-hydrogen) atoms. The number of halogens is 2. The van der Waals surface area contributed by atoms with Gasteiger partial charge < -0.3 is 34.7 Å². The Morgan fingerprint density at radius 3 is 2.08 bits per heavy atom. The SMILES string of the molecule is C.O=C([O-])c1ccccn1.[Au+3].[Cl-].[Cl-]. The van der Waals surface area contributed by atoms with Crippen LogP contribution in [-0.2, 0) is 22.4 Å². The standard InChI is InChI=1S/C6H5NO2.CH4.Au.2ClH/c8-6(9)5-3-1-2-4-7-5;;;;/h1-4H,(H,8,9);1H4;;2*1H/q;;+3;;/p-3. The smallest absolute Gasteiger partial charge is 1.00 e. The first-order chi connectivity index (χ1) is 4.30. The largest absolute Gasteiger partial charge is 3.00 e. The zero-order chi connectivity index (χ0) is 6.69. The number of hydrogen-bond acceptors (Lipinski definition) is 3. The average Bonchev–Trinajstić information content (AvgIpc) is 1.90. The van der Waals surface area contributed by atoms with Crippen LogP contribution in [0.4, 0.5) is 0 Å². The summed E-state index contributed by atoms with van der Waals surface area (Å²) in [5, 5.41) is 10.0. The Balaban J connectivity index is -0.000000101. The fraction of sp³-hybridized carbons (Fsp3) is 0.143. The van der Waals surface area contributed by atoms with Gasteiger partial charge in [0.05, 0.1) is 11.7 Å².